The number of carbonyl (C=O) groups excluding carboxylic acids is 1. The molecular formula is C18H21F3N6O3S. The number of hydrogen-bond donors (Lipinski definition) is 2. The molecule has 9 nitrogen and oxygen atoms in total. The highest BCUT2D eigenvalue weighted by molar-refractivity contribution is 7.89. The van der Waals surface area contributed by atoms with E-state index in [2.05, 4.69) is 15.3 Å². The molecule has 3 heterocycles. The topological polar surface area (TPSA) is 122 Å². The summed E-state index contributed by atoms with van der Waals surface area (Å²) in [7, 11) is -4.04. The van der Waals surface area contributed by atoms with Crippen LogP contribution < -0.4 is 15.4 Å². The van der Waals surface area contributed by atoms with Crippen molar-refractivity contribution in [2.45, 2.75) is 18.1 Å². The fraction of sp³-hybridized carbons (Fsp3) is 0.389. The van der Waals surface area contributed by atoms with Crippen molar-refractivity contribution in [3.05, 3.63) is 41.7 Å². The maximum Gasteiger partial charge on any atom is 0.401 e. The summed E-state index contributed by atoms with van der Waals surface area (Å²) in [4.78, 5) is 23.9. The Balaban J connectivity index is 1.78. The molecule has 0 atom stereocenters. The molecule has 0 unspecified atom stereocenters. The number of nitrogens with one attached hydrogen (secondary N) is 1. The van der Waals surface area contributed by atoms with Crippen LogP contribution in [0.2, 0.25) is 0 Å². The van der Waals surface area contributed by atoms with Crippen LogP contribution in [0.25, 0.3) is 0 Å². The molecule has 1 fully saturated rings. The fourth-order valence-corrected chi connectivity index (χ4v) is 3.69. The Morgan fingerprint density at radius 3 is 2.48 bits per heavy atom. The SMILES string of the molecule is Cc1cnc(N2CCN(CC(F)(F)F)CC2)c(C(=O)Nc2ccnc(S(N)(=O)=O)c2)c1. The molecule has 13 heteroatoms. The van der Waals surface area contributed by atoms with Gasteiger partial charge in [0.1, 0.15) is 5.82 Å². The Morgan fingerprint density at radius 2 is 1.87 bits per heavy atom. The molecule has 1 aliphatic rings. The van der Waals surface area contributed by atoms with Crippen LogP contribution in [0.5, 0.6) is 0 Å². The molecule has 0 aromatic carbocycles. The van der Waals surface area contributed by atoms with E-state index in [1.165, 1.54) is 17.2 Å². The summed E-state index contributed by atoms with van der Waals surface area (Å²) in [6.45, 7) is 1.68. The number of nitrogens with zero attached hydrogens (tertiary/aromatic N) is 4. The van der Waals surface area contributed by atoms with Crippen molar-refractivity contribution in [3.63, 3.8) is 0 Å². The summed E-state index contributed by atoms with van der Waals surface area (Å²) in [6.07, 6.45) is -1.50. The van der Waals surface area contributed by atoms with Gasteiger partial charge in [0.25, 0.3) is 15.9 Å². The summed E-state index contributed by atoms with van der Waals surface area (Å²) in [5.74, 6) is -0.203. The summed E-state index contributed by atoms with van der Waals surface area (Å²) >= 11 is 0. The average Bonchev–Trinajstić information content (AvgIpc) is 2.67. The minimum atomic E-state index is -4.27. The Bertz CT molecular complexity index is 1070. The van der Waals surface area contributed by atoms with Crippen LogP contribution in [0.1, 0.15) is 15.9 Å². The highest BCUT2D eigenvalue weighted by Crippen LogP contribution is 2.24. The molecule has 0 bridgehead atoms. The number of aryl methyl sites for hydroxylation is 1. The number of alkyl halides is 3. The molecule has 0 aliphatic carbocycles. The standard InChI is InChI=1S/C18H21F3N6O3S/c1-12-8-14(17(28)25-13-2-3-23-15(9-13)31(22,29)30)16(24-10-12)27-6-4-26(5-7-27)11-18(19,20)21/h2-3,8-10H,4-7,11H2,1H3,(H2,22,29,30)(H,23,25,28). The monoisotopic (exact) mass is 458 g/mol. The second-order valence-corrected chi connectivity index (χ2v) is 8.65. The summed E-state index contributed by atoms with van der Waals surface area (Å²) in [5.41, 5.74) is 1.11. The summed E-state index contributed by atoms with van der Waals surface area (Å²) < 4.78 is 60.8. The van der Waals surface area contributed by atoms with Crippen molar-refractivity contribution in [1.82, 2.24) is 14.9 Å². The molecule has 3 N–H and O–H groups in total. The second-order valence-electron chi connectivity index (χ2n) is 7.14. The van der Waals surface area contributed by atoms with Crippen LogP contribution in [-0.2, 0) is 10.0 Å². The van der Waals surface area contributed by atoms with E-state index in [0.29, 0.717) is 11.4 Å². The third-order valence-electron chi connectivity index (χ3n) is 4.61. The van der Waals surface area contributed by atoms with Crippen molar-refractivity contribution in [3.8, 4) is 0 Å². The van der Waals surface area contributed by atoms with Gasteiger partial charge in [-0.25, -0.2) is 23.5 Å². The van der Waals surface area contributed by atoms with Gasteiger partial charge in [0, 0.05) is 50.3 Å². The van der Waals surface area contributed by atoms with Crippen LogP contribution in [-0.4, -0.2) is 68.1 Å². The minimum Gasteiger partial charge on any atom is -0.353 e. The number of anilines is 2. The maximum atomic E-state index is 12.9. The number of carbonyl (C=O) groups is 1. The number of halogens is 3. The van der Waals surface area contributed by atoms with Gasteiger partial charge in [-0.3, -0.25) is 9.69 Å². The quantitative estimate of drug-likeness (QED) is 0.694. The number of piperazine rings is 1. The van der Waals surface area contributed by atoms with Crippen molar-refractivity contribution in [2.75, 3.05) is 42.9 Å². The van der Waals surface area contributed by atoms with Crippen molar-refractivity contribution in [1.29, 1.82) is 0 Å². The van der Waals surface area contributed by atoms with Gasteiger partial charge >= 0.3 is 6.18 Å². The molecule has 31 heavy (non-hydrogen) atoms. The second kappa shape index (κ2) is 8.77. The van der Waals surface area contributed by atoms with Crippen LogP contribution in [0.4, 0.5) is 24.7 Å². The highest BCUT2D eigenvalue weighted by Gasteiger charge is 2.33. The maximum absolute atomic E-state index is 12.9. The van der Waals surface area contributed by atoms with Gasteiger partial charge < -0.3 is 10.2 Å². The minimum absolute atomic E-state index is 0.173. The number of aromatic nitrogens is 2. The van der Waals surface area contributed by atoms with E-state index in [1.807, 2.05) is 0 Å². The Morgan fingerprint density at radius 1 is 1.19 bits per heavy atom. The van der Waals surface area contributed by atoms with Gasteiger partial charge in [-0.05, 0) is 24.6 Å². The highest BCUT2D eigenvalue weighted by atomic mass is 32.2. The van der Waals surface area contributed by atoms with Crippen molar-refractivity contribution >= 4 is 27.4 Å². The van der Waals surface area contributed by atoms with Gasteiger partial charge in [-0.1, -0.05) is 0 Å². The lowest BCUT2D eigenvalue weighted by atomic mass is 10.1. The van der Waals surface area contributed by atoms with Crippen molar-refractivity contribution in [2.24, 2.45) is 5.14 Å². The van der Waals surface area contributed by atoms with Gasteiger partial charge in [-0.15, -0.1) is 0 Å². The van der Waals surface area contributed by atoms with Crippen molar-refractivity contribution < 1.29 is 26.4 Å². The van der Waals surface area contributed by atoms with E-state index in [9.17, 15) is 26.4 Å². The Labute approximate surface area is 177 Å². The zero-order valence-electron chi connectivity index (χ0n) is 16.6. The molecule has 168 valence electrons. The fourth-order valence-electron chi connectivity index (χ4n) is 3.19. The molecule has 1 amide bonds. The largest absolute Gasteiger partial charge is 0.401 e. The van der Waals surface area contributed by atoms with Crippen LogP contribution in [0.3, 0.4) is 0 Å². The first-order valence-electron chi connectivity index (χ1n) is 9.23. The summed E-state index contributed by atoms with van der Waals surface area (Å²) in [5, 5.41) is 7.26. The number of primary sulfonamides is 1. The number of rotatable bonds is 5. The van der Waals surface area contributed by atoms with Crippen LogP contribution >= 0.6 is 0 Å². The predicted octanol–water partition coefficient (Wildman–Crippen LogP) is 1.37. The zero-order chi connectivity index (χ0) is 22.8. The number of sulfonamides is 1. The van der Waals surface area contributed by atoms with Gasteiger partial charge in [0.15, 0.2) is 5.03 Å². The Hall–Kier alpha value is -2.77. The lowest BCUT2D eigenvalue weighted by Gasteiger charge is -2.36. The van der Waals surface area contributed by atoms with Gasteiger partial charge in [0.2, 0.25) is 0 Å². The lowest BCUT2D eigenvalue weighted by Crippen LogP contribution is -2.49. The van der Waals surface area contributed by atoms with E-state index in [0.717, 1.165) is 6.07 Å². The molecule has 0 radical (unpaired) electrons. The van der Waals surface area contributed by atoms with E-state index in [4.69, 9.17) is 5.14 Å². The first-order chi connectivity index (χ1) is 14.4. The molecular weight excluding hydrogens is 437 g/mol. The summed E-state index contributed by atoms with van der Waals surface area (Å²) in [6, 6.07) is 4.15. The molecule has 3 rings (SSSR count). The molecule has 2 aromatic heterocycles. The Kier molecular flexibility index (Phi) is 6.48. The normalized spacial score (nSPS) is 15.7. The van der Waals surface area contributed by atoms with Crippen LogP contribution in [0.15, 0.2) is 35.6 Å². The number of pyridine rings is 2. The third kappa shape index (κ3) is 6.12. The first kappa shape index (κ1) is 22.9. The third-order valence-corrected chi connectivity index (χ3v) is 5.41. The number of amides is 1. The molecule has 0 spiro atoms. The van der Waals surface area contributed by atoms with Gasteiger partial charge in [0.05, 0.1) is 12.1 Å². The number of nitrogens with two attached hydrogens (primary N) is 1. The molecule has 2 aromatic rings. The lowest BCUT2D eigenvalue weighted by molar-refractivity contribution is -0.146. The molecule has 0 saturated carbocycles. The molecule has 1 saturated heterocycles. The van der Waals surface area contributed by atoms with E-state index < -0.39 is 33.7 Å². The van der Waals surface area contributed by atoms with E-state index in [-0.39, 0.29) is 37.4 Å². The number of hydrogen-bond acceptors (Lipinski definition) is 7. The van der Waals surface area contributed by atoms with Gasteiger partial charge in [-0.2, -0.15) is 13.2 Å². The van der Waals surface area contributed by atoms with E-state index in [1.54, 1.807) is 24.1 Å². The average molecular weight is 458 g/mol. The van der Waals surface area contributed by atoms with E-state index >= 15 is 0 Å². The first-order valence-corrected chi connectivity index (χ1v) is 10.8. The smallest absolute Gasteiger partial charge is 0.353 e. The predicted molar refractivity (Wildman–Crippen MR) is 107 cm³/mol. The molecule has 1 aliphatic heterocycles. The zero-order valence-corrected chi connectivity index (χ0v) is 17.4. The van der Waals surface area contributed by atoms with Crippen LogP contribution in [0, 0.1) is 6.92 Å².